The van der Waals surface area contributed by atoms with Gasteiger partial charge >= 0.3 is 6.03 Å². The summed E-state index contributed by atoms with van der Waals surface area (Å²) in [6.07, 6.45) is 3.30. The average molecular weight is 582 g/mol. The van der Waals surface area contributed by atoms with E-state index in [1.54, 1.807) is 36.4 Å². The minimum Gasteiger partial charge on any atom is -0.493 e. The predicted octanol–water partition coefficient (Wildman–Crippen LogP) is 5.88. The molecule has 0 radical (unpaired) electrons. The Morgan fingerprint density at radius 2 is 1.85 bits per heavy atom. The molecule has 0 aromatic heterocycles. The summed E-state index contributed by atoms with van der Waals surface area (Å²) < 4.78 is 11.6. The van der Waals surface area contributed by atoms with Crippen molar-refractivity contribution in [2.45, 2.75) is 13.0 Å². The van der Waals surface area contributed by atoms with Gasteiger partial charge in [-0.2, -0.15) is 0 Å². The Hall–Kier alpha value is -4.67. The van der Waals surface area contributed by atoms with Crippen molar-refractivity contribution in [3.63, 3.8) is 0 Å². The van der Waals surface area contributed by atoms with Crippen LogP contribution in [0.15, 0.2) is 72.8 Å². The highest BCUT2D eigenvalue weighted by molar-refractivity contribution is 6.39. The Balaban J connectivity index is 1.71. The number of nitrogens with one attached hydrogen (secondary N) is 1. The van der Waals surface area contributed by atoms with Crippen LogP contribution < -0.4 is 19.7 Å². The molecule has 204 valence electrons. The molecule has 1 heterocycles. The van der Waals surface area contributed by atoms with Gasteiger partial charge in [0.2, 0.25) is 0 Å². The molecular weight excluding hydrogens is 561 g/mol. The number of nitrogens with zero attached hydrogens (tertiary/aromatic N) is 2. The molecule has 4 amide bonds. The number of barbiturate groups is 1. The number of imide groups is 2. The number of carbonyl (C=O) groups excluding carboxylic acids is 3. The van der Waals surface area contributed by atoms with Crippen LogP contribution in [-0.4, -0.2) is 29.9 Å². The first-order valence-corrected chi connectivity index (χ1v) is 12.4. The van der Waals surface area contributed by atoms with Gasteiger partial charge in [-0.3, -0.25) is 25.0 Å². The Kier molecular flexibility index (Phi) is 8.52. The number of nitro benzene ring substituents is 1. The Morgan fingerprint density at radius 1 is 1.07 bits per heavy atom. The summed E-state index contributed by atoms with van der Waals surface area (Å²) in [6.45, 7) is 3.89. The summed E-state index contributed by atoms with van der Waals surface area (Å²) in [6, 6.07) is 12.2. The van der Waals surface area contributed by atoms with Gasteiger partial charge in [-0.1, -0.05) is 41.4 Å². The number of methoxy groups -OCH3 is 1. The lowest BCUT2D eigenvalue weighted by atomic mass is 10.0. The number of hydrogen-bond acceptors (Lipinski definition) is 7. The highest BCUT2D eigenvalue weighted by Crippen LogP contribution is 2.36. The number of ether oxygens (including phenoxy) is 2. The lowest BCUT2D eigenvalue weighted by molar-refractivity contribution is -0.384. The van der Waals surface area contributed by atoms with E-state index in [0.29, 0.717) is 49.6 Å². The molecular formula is C28H21Cl2N3O7. The normalized spacial score (nSPS) is 14.2. The third-order valence-electron chi connectivity index (χ3n) is 5.84. The number of rotatable bonds is 9. The molecule has 3 aromatic rings. The number of nitro groups is 1. The lowest BCUT2D eigenvalue weighted by Gasteiger charge is -2.26. The van der Waals surface area contributed by atoms with Crippen molar-refractivity contribution in [2.24, 2.45) is 0 Å². The van der Waals surface area contributed by atoms with E-state index in [4.69, 9.17) is 32.7 Å². The Labute approximate surface area is 238 Å². The fraction of sp³-hybridized carbons (Fsp3) is 0.107. The number of hydrogen-bond donors (Lipinski definition) is 1. The SMILES string of the molecule is C=CCc1cc(/C=C2\C(=O)NC(=O)N(c3cccc([N+](=O)[O-])c3)C2=O)cc(OC)c1OCc1ccc(Cl)cc1Cl. The van der Waals surface area contributed by atoms with Gasteiger partial charge in [-0.25, -0.2) is 9.69 Å². The maximum absolute atomic E-state index is 13.3. The topological polar surface area (TPSA) is 128 Å². The summed E-state index contributed by atoms with van der Waals surface area (Å²) in [5.74, 6) is -1.15. The third kappa shape index (κ3) is 5.98. The summed E-state index contributed by atoms with van der Waals surface area (Å²) in [4.78, 5) is 49.7. The number of anilines is 1. The predicted molar refractivity (Wildman–Crippen MR) is 150 cm³/mol. The van der Waals surface area contributed by atoms with Crippen LogP contribution in [0, 0.1) is 10.1 Å². The van der Waals surface area contributed by atoms with Crippen LogP contribution in [-0.2, 0) is 22.6 Å². The van der Waals surface area contributed by atoms with Gasteiger partial charge in [-0.05, 0) is 48.4 Å². The van der Waals surface area contributed by atoms with Crippen LogP contribution >= 0.6 is 23.2 Å². The van der Waals surface area contributed by atoms with Crippen LogP contribution in [0.2, 0.25) is 10.0 Å². The van der Waals surface area contributed by atoms with E-state index in [9.17, 15) is 24.5 Å². The first-order chi connectivity index (χ1) is 19.1. The molecule has 1 aliphatic rings. The van der Waals surface area contributed by atoms with Gasteiger partial charge in [-0.15, -0.1) is 6.58 Å². The number of amides is 4. The summed E-state index contributed by atoms with van der Waals surface area (Å²) >= 11 is 12.2. The van der Waals surface area contributed by atoms with Crippen molar-refractivity contribution in [3.8, 4) is 11.5 Å². The number of urea groups is 1. The fourth-order valence-corrected chi connectivity index (χ4v) is 4.45. The molecule has 0 atom stereocenters. The zero-order valence-corrected chi connectivity index (χ0v) is 22.5. The molecule has 0 unspecified atom stereocenters. The van der Waals surface area contributed by atoms with E-state index in [2.05, 4.69) is 11.9 Å². The number of halogens is 2. The summed E-state index contributed by atoms with van der Waals surface area (Å²) in [5.41, 5.74) is 0.983. The van der Waals surface area contributed by atoms with E-state index in [-0.39, 0.29) is 23.6 Å². The standard InChI is InChI=1S/C28H21Cl2N3O7/c1-3-5-17-10-16(12-24(39-2)25(17)40-15-18-8-9-19(29)13-23(18)30)11-22-26(34)31-28(36)32(27(22)35)20-6-4-7-21(14-20)33(37)38/h3-4,6-14H,1,5,15H2,2H3,(H,31,34,36)/b22-11+. The smallest absolute Gasteiger partial charge is 0.335 e. The second-order valence-electron chi connectivity index (χ2n) is 8.46. The van der Waals surface area contributed by atoms with Crippen LogP contribution in [0.25, 0.3) is 6.08 Å². The minimum absolute atomic E-state index is 0.0652. The number of allylic oxidation sites excluding steroid dienone is 1. The highest BCUT2D eigenvalue weighted by atomic mass is 35.5. The van der Waals surface area contributed by atoms with Gasteiger partial charge in [0.25, 0.3) is 17.5 Å². The number of benzene rings is 3. The molecule has 0 aliphatic carbocycles. The van der Waals surface area contributed by atoms with Crippen molar-refractivity contribution in [1.29, 1.82) is 0 Å². The average Bonchev–Trinajstić information content (AvgIpc) is 2.91. The summed E-state index contributed by atoms with van der Waals surface area (Å²) in [7, 11) is 1.44. The highest BCUT2D eigenvalue weighted by Gasteiger charge is 2.37. The van der Waals surface area contributed by atoms with E-state index < -0.39 is 22.8 Å². The van der Waals surface area contributed by atoms with Crippen molar-refractivity contribution >= 4 is 58.5 Å². The van der Waals surface area contributed by atoms with E-state index in [1.807, 2.05) is 0 Å². The monoisotopic (exact) mass is 581 g/mol. The molecule has 0 spiro atoms. The Bertz CT molecular complexity index is 1590. The quantitative estimate of drug-likeness (QED) is 0.110. The molecule has 10 nitrogen and oxygen atoms in total. The van der Waals surface area contributed by atoms with E-state index >= 15 is 0 Å². The van der Waals surface area contributed by atoms with Gasteiger partial charge in [0.15, 0.2) is 11.5 Å². The zero-order valence-electron chi connectivity index (χ0n) is 21.0. The minimum atomic E-state index is -1.03. The van der Waals surface area contributed by atoms with E-state index in [0.717, 1.165) is 6.07 Å². The second kappa shape index (κ2) is 12.0. The van der Waals surface area contributed by atoms with Gasteiger partial charge < -0.3 is 9.47 Å². The Morgan fingerprint density at radius 3 is 2.52 bits per heavy atom. The van der Waals surface area contributed by atoms with Gasteiger partial charge in [0, 0.05) is 33.3 Å². The second-order valence-corrected chi connectivity index (χ2v) is 9.31. The first kappa shape index (κ1) is 28.3. The number of non-ortho nitro benzene ring substituents is 1. The fourth-order valence-electron chi connectivity index (χ4n) is 3.98. The van der Waals surface area contributed by atoms with E-state index in [1.165, 1.54) is 31.4 Å². The van der Waals surface area contributed by atoms with Crippen LogP contribution in [0.4, 0.5) is 16.2 Å². The molecule has 1 fully saturated rings. The molecule has 12 heteroatoms. The zero-order chi connectivity index (χ0) is 29.0. The van der Waals surface area contributed by atoms with Gasteiger partial charge in [0.05, 0.1) is 17.7 Å². The molecule has 1 saturated heterocycles. The van der Waals surface area contributed by atoms with Crippen molar-refractivity contribution in [3.05, 3.63) is 110 Å². The molecule has 0 bridgehead atoms. The lowest BCUT2D eigenvalue weighted by Crippen LogP contribution is -2.54. The molecule has 0 saturated carbocycles. The molecule has 1 N–H and O–H groups in total. The maximum atomic E-state index is 13.3. The first-order valence-electron chi connectivity index (χ1n) is 11.7. The van der Waals surface area contributed by atoms with Crippen LogP contribution in [0.5, 0.6) is 11.5 Å². The molecule has 3 aromatic carbocycles. The van der Waals surface area contributed by atoms with Crippen molar-refractivity contribution < 1.29 is 28.8 Å². The van der Waals surface area contributed by atoms with Gasteiger partial charge in [0.1, 0.15) is 12.2 Å². The van der Waals surface area contributed by atoms with Crippen LogP contribution in [0.1, 0.15) is 16.7 Å². The third-order valence-corrected chi connectivity index (χ3v) is 6.42. The molecule has 40 heavy (non-hydrogen) atoms. The van der Waals surface area contributed by atoms with Crippen molar-refractivity contribution in [1.82, 2.24) is 5.32 Å². The van der Waals surface area contributed by atoms with Crippen LogP contribution in [0.3, 0.4) is 0 Å². The largest absolute Gasteiger partial charge is 0.493 e. The molecule has 4 rings (SSSR count). The summed E-state index contributed by atoms with van der Waals surface area (Å²) in [5, 5.41) is 14.2. The van der Waals surface area contributed by atoms with Crippen molar-refractivity contribution in [2.75, 3.05) is 12.0 Å². The molecule has 1 aliphatic heterocycles. The maximum Gasteiger partial charge on any atom is 0.335 e. The number of carbonyl (C=O) groups is 3.